The van der Waals surface area contributed by atoms with E-state index in [1.165, 1.54) is 10.7 Å². The Labute approximate surface area is 120 Å². The Morgan fingerprint density at radius 2 is 1.95 bits per heavy atom. The highest BCUT2D eigenvalue weighted by Gasteiger charge is 2.30. The molecule has 1 unspecified atom stereocenters. The van der Waals surface area contributed by atoms with Gasteiger partial charge in [-0.25, -0.2) is 9.48 Å². The van der Waals surface area contributed by atoms with Gasteiger partial charge in [-0.1, -0.05) is 18.2 Å². The lowest BCUT2D eigenvalue weighted by atomic mass is 10.1. The predicted molar refractivity (Wildman–Crippen MR) is 74.2 cm³/mol. The molecule has 7 heteroatoms. The van der Waals surface area contributed by atoms with Crippen molar-refractivity contribution in [2.24, 2.45) is 0 Å². The number of nitrogens with one attached hydrogen (secondary N) is 1. The van der Waals surface area contributed by atoms with Gasteiger partial charge in [-0.05, 0) is 25.1 Å². The van der Waals surface area contributed by atoms with E-state index in [1.54, 1.807) is 6.20 Å². The zero-order chi connectivity index (χ0) is 15.5. The van der Waals surface area contributed by atoms with Gasteiger partial charge in [0.15, 0.2) is 11.3 Å². The monoisotopic (exact) mass is 289 g/mol. The summed E-state index contributed by atoms with van der Waals surface area (Å²) in [6.45, 7) is 0.706. The minimum atomic E-state index is -2.02. The summed E-state index contributed by atoms with van der Waals surface area (Å²) in [7, 11) is 0. The first-order valence-electron chi connectivity index (χ1n) is 6.25. The number of aliphatic hydroxyl groups is 1. The van der Waals surface area contributed by atoms with Crippen LogP contribution < -0.4 is 5.32 Å². The fourth-order valence-electron chi connectivity index (χ4n) is 1.59. The lowest BCUT2D eigenvalue weighted by molar-refractivity contribution is -0.155. The number of hydrogen-bond acceptors (Lipinski definition) is 4. The van der Waals surface area contributed by atoms with Crippen molar-refractivity contribution in [3.8, 4) is 5.69 Å². The van der Waals surface area contributed by atoms with Crippen LogP contribution in [-0.4, -0.2) is 44.0 Å². The maximum Gasteiger partial charge on any atom is 0.337 e. The molecular formula is C14H15N3O4. The molecule has 0 fully saturated rings. The van der Waals surface area contributed by atoms with Gasteiger partial charge in [0.25, 0.3) is 5.91 Å². The predicted octanol–water partition coefficient (Wildman–Crippen LogP) is 0.438. The number of carboxylic acid groups (broad SMARTS) is 1. The summed E-state index contributed by atoms with van der Waals surface area (Å²) in [5.41, 5.74) is -1.08. The molecule has 0 aliphatic carbocycles. The van der Waals surface area contributed by atoms with Gasteiger partial charge in [-0.2, -0.15) is 5.10 Å². The van der Waals surface area contributed by atoms with E-state index in [-0.39, 0.29) is 5.69 Å². The number of rotatable bonds is 5. The minimum Gasteiger partial charge on any atom is -0.479 e. The van der Waals surface area contributed by atoms with Crippen LogP contribution >= 0.6 is 0 Å². The number of carbonyl (C=O) groups excluding carboxylic acids is 1. The topological polar surface area (TPSA) is 104 Å². The highest BCUT2D eigenvalue weighted by atomic mass is 16.4. The van der Waals surface area contributed by atoms with E-state index in [0.29, 0.717) is 0 Å². The second-order valence-corrected chi connectivity index (χ2v) is 4.74. The van der Waals surface area contributed by atoms with Crippen molar-refractivity contribution >= 4 is 11.9 Å². The van der Waals surface area contributed by atoms with Crippen LogP contribution in [0.5, 0.6) is 0 Å². The number of carboxylic acids is 1. The molecule has 1 atom stereocenters. The molecule has 0 saturated heterocycles. The number of carbonyl (C=O) groups is 2. The molecule has 0 spiro atoms. The number of benzene rings is 1. The highest BCUT2D eigenvalue weighted by molar-refractivity contribution is 5.92. The highest BCUT2D eigenvalue weighted by Crippen LogP contribution is 2.07. The average molecular weight is 289 g/mol. The van der Waals surface area contributed by atoms with Gasteiger partial charge in [0.05, 0.1) is 12.2 Å². The number of aliphatic carboxylic acids is 1. The van der Waals surface area contributed by atoms with Crippen LogP contribution in [0.4, 0.5) is 0 Å². The second kappa shape index (κ2) is 5.76. The van der Waals surface area contributed by atoms with E-state index in [1.807, 2.05) is 30.3 Å². The van der Waals surface area contributed by atoms with Crippen molar-refractivity contribution in [2.45, 2.75) is 12.5 Å². The van der Waals surface area contributed by atoms with E-state index < -0.39 is 24.0 Å². The number of hydrogen-bond donors (Lipinski definition) is 3. The Balaban J connectivity index is 2.05. The van der Waals surface area contributed by atoms with Crippen molar-refractivity contribution in [3.63, 3.8) is 0 Å². The first-order chi connectivity index (χ1) is 9.90. The van der Waals surface area contributed by atoms with Crippen LogP contribution in [0.1, 0.15) is 17.4 Å². The van der Waals surface area contributed by atoms with Crippen LogP contribution in [0.25, 0.3) is 5.69 Å². The smallest absolute Gasteiger partial charge is 0.337 e. The van der Waals surface area contributed by atoms with E-state index in [2.05, 4.69) is 10.4 Å². The SMILES string of the molecule is CC(O)(CNC(=O)c1ccn(-c2ccccc2)n1)C(=O)O. The summed E-state index contributed by atoms with van der Waals surface area (Å²) in [5, 5.41) is 24.7. The normalized spacial score (nSPS) is 13.4. The summed E-state index contributed by atoms with van der Waals surface area (Å²) in [6, 6.07) is 10.8. The molecule has 1 aromatic carbocycles. The molecule has 21 heavy (non-hydrogen) atoms. The molecule has 7 nitrogen and oxygen atoms in total. The van der Waals surface area contributed by atoms with E-state index in [0.717, 1.165) is 12.6 Å². The Morgan fingerprint density at radius 3 is 2.57 bits per heavy atom. The molecule has 3 N–H and O–H groups in total. The third-order valence-electron chi connectivity index (χ3n) is 2.90. The van der Waals surface area contributed by atoms with E-state index in [9.17, 15) is 14.7 Å². The van der Waals surface area contributed by atoms with Crippen molar-refractivity contribution in [2.75, 3.05) is 6.54 Å². The number of aromatic nitrogens is 2. The molecular weight excluding hydrogens is 274 g/mol. The van der Waals surface area contributed by atoms with E-state index in [4.69, 9.17) is 5.11 Å². The summed E-state index contributed by atoms with van der Waals surface area (Å²) in [4.78, 5) is 22.6. The van der Waals surface area contributed by atoms with Crippen molar-refractivity contribution < 1.29 is 19.8 Å². The molecule has 0 bridgehead atoms. The summed E-state index contributed by atoms with van der Waals surface area (Å²) < 4.78 is 1.53. The molecule has 110 valence electrons. The minimum absolute atomic E-state index is 0.139. The fourth-order valence-corrected chi connectivity index (χ4v) is 1.59. The molecule has 1 amide bonds. The van der Waals surface area contributed by atoms with Crippen molar-refractivity contribution in [1.82, 2.24) is 15.1 Å². The molecule has 1 aromatic heterocycles. The molecule has 2 aromatic rings. The lowest BCUT2D eigenvalue weighted by Crippen LogP contribution is -2.46. The zero-order valence-electron chi connectivity index (χ0n) is 11.4. The Hall–Kier alpha value is -2.67. The second-order valence-electron chi connectivity index (χ2n) is 4.74. The quantitative estimate of drug-likeness (QED) is 0.740. The number of para-hydroxylation sites is 1. The lowest BCUT2D eigenvalue weighted by Gasteiger charge is -2.17. The maximum atomic E-state index is 11.9. The standard InChI is InChI=1S/C14H15N3O4/c1-14(21,13(19)20)9-15-12(18)11-7-8-17(16-11)10-5-3-2-4-6-10/h2-8,21H,9H2,1H3,(H,15,18)(H,19,20). The zero-order valence-corrected chi connectivity index (χ0v) is 11.4. The van der Waals surface area contributed by atoms with Crippen LogP contribution in [0.2, 0.25) is 0 Å². The molecule has 2 rings (SSSR count). The maximum absolute atomic E-state index is 11.9. The molecule has 0 radical (unpaired) electrons. The third-order valence-corrected chi connectivity index (χ3v) is 2.90. The van der Waals surface area contributed by atoms with Gasteiger partial charge in [0, 0.05) is 6.20 Å². The average Bonchev–Trinajstić information content (AvgIpc) is 2.95. The van der Waals surface area contributed by atoms with Crippen molar-refractivity contribution in [3.05, 3.63) is 48.3 Å². The number of nitrogens with zero attached hydrogens (tertiary/aromatic N) is 2. The summed E-state index contributed by atoms with van der Waals surface area (Å²) in [6.07, 6.45) is 1.62. The fraction of sp³-hybridized carbons (Fsp3) is 0.214. The Bertz CT molecular complexity index is 649. The van der Waals surface area contributed by atoms with Gasteiger partial charge in [0.2, 0.25) is 0 Å². The van der Waals surface area contributed by atoms with Crippen LogP contribution in [0.15, 0.2) is 42.6 Å². The van der Waals surface area contributed by atoms with Gasteiger partial charge >= 0.3 is 5.97 Å². The van der Waals surface area contributed by atoms with Crippen LogP contribution in [0.3, 0.4) is 0 Å². The first-order valence-corrected chi connectivity index (χ1v) is 6.25. The van der Waals surface area contributed by atoms with Gasteiger partial charge < -0.3 is 15.5 Å². The summed E-state index contributed by atoms with van der Waals surface area (Å²) >= 11 is 0. The molecule has 0 saturated carbocycles. The van der Waals surface area contributed by atoms with Crippen LogP contribution in [-0.2, 0) is 4.79 Å². The van der Waals surface area contributed by atoms with Gasteiger partial charge in [-0.15, -0.1) is 0 Å². The van der Waals surface area contributed by atoms with Crippen LogP contribution in [0, 0.1) is 0 Å². The first kappa shape index (κ1) is 14.7. The molecule has 1 heterocycles. The Kier molecular flexibility index (Phi) is 4.04. The van der Waals surface area contributed by atoms with Crippen molar-refractivity contribution in [1.29, 1.82) is 0 Å². The Morgan fingerprint density at radius 1 is 1.29 bits per heavy atom. The molecule has 0 aliphatic rings. The largest absolute Gasteiger partial charge is 0.479 e. The van der Waals surface area contributed by atoms with Gasteiger partial charge in [0.1, 0.15) is 0 Å². The third kappa shape index (κ3) is 3.46. The van der Waals surface area contributed by atoms with E-state index >= 15 is 0 Å². The molecule has 0 aliphatic heterocycles. The van der Waals surface area contributed by atoms with Gasteiger partial charge in [-0.3, -0.25) is 4.79 Å². The summed E-state index contributed by atoms with van der Waals surface area (Å²) in [5.74, 6) is -1.95. The number of amides is 1.